The van der Waals surface area contributed by atoms with Crippen LogP contribution < -0.4 is 10.9 Å². The average Bonchev–Trinajstić information content (AvgIpc) is 3.35. The van der Waals surface area contributed by atoms with Gasteiger partial charge in [0, 0.05) is 25.7 Å². The number of nitrogens with one attached hydrogen (secondary N) is 1. The van der Waals surface area contributed by atoms with E-state index >= 15 is 0 Å². The predicted molar refractivity (Wildman–Crippen MR) is 83.5 cm³/mol. The largest absolute Gasteiger partial charge is 0.323 e. The minimum Gasteiger partial charge on any atom is -0.317 e. The van der Waals surface area contributed by atoms with Crippen LogP contribution in [0.5, 0.6) is 0 Å². The lowest BCUT2D eigenvalue weighted by Gasteiger charge is -2.22. The van der Waals surface area contributed by atoms with E-state index in [0.29, 0.717) is 6.54 Å². The predicted octanol–water partition coefficient (Wildman–Crippen LogP) is 2.12. The van der Waals surface area contributed by atoms with Crippen LogP contribution in [0, 0.1) is 5.82 Å². The van der Waals surface area contributed by atoms with Crippen LogP contribution in [0.1, 0.15) is 18.4 Å². The van der Waals surface area contributed by atoms with Gasteiger partial charge >= 0.3 is 6.03 Å². The highest BCUT2D eigenvalue weighted by Crippen LogP contribution is 2.28. The van der Waals surface area contributed by atoms with Gasteiger partial charge in [0.05, 0.1) is 6.33 Å². The van der Waals surface area contributed by atoms with Gasteiger partial charge in [0.25, 0.3) is 5.56 Å². The first kappa shape index (κ1) is 15.2. The number of benzene rings is 1. The van der Waals surface area contributed by atoms with Crippen LogP contribution in [0.3, 0.4) is 0 Å². The quantitative estimate of drug-likeness (QED) is 0.939. The molecule has 0 atom stereocenters. The van der Waals surface area contributed by atoms with E-state index in [9.17, 15) is 14.0 Å². The Kier molecular flexibility index (Phi) is 4.10. The lowest BCUT2D eigenvalue weighted by molar-refractivity contribution is 0.206. The molecule has 0 radical (unpaired) electrons. The van der Waals surface area contributed by atoms with Crippen molar-refractivity contribution in [2.45, 2.75) is 25.4 Å². The third kappa shape index (κ3) is 3.74. The zero-order chi connectivity index (χ0) is 16.4. The fourth-order valence-corrected chi connectivity index (χ4v) is 2.25. The Morgan fingerprint density at radius 3 is 2.70 bits per heavy atom. The van der Waals surface area contributed by atoms with Gasteiger partial charge in [-0.3, -0.25) is 10.1 Å². The summed E-state index contributed by atoms with van der Waals surface area (Å²) in [5.74, 6) is -0.0802. The van der Waals surface area contributed by atoms with E-state index in [1.54, 1.807) is 24.1 Å². The van der Waals surface area contributed by atoms with E-state index in [1.165, 1.54) is 29.1 Å². The van der Waals surface area contributed by atoms with Gasteiger partial charge in [-0.15, -0.1) is 0 Å². The average molecular weight is 316 g/mol. The molecule has 1 aliphatic carbocycles. The smallest absolute Gasteiger partial charge is 0.317 e. The molecule has 1 aromatic carbocycles. The molecule has 2 amide bonds. The number of amides is 2. The molecule has 0 spiro atoms. The Hall–Kier alpha value is -2.70. The SMILES string of the molecule is Cn1cnc(NC(=O)N(Cc2ccc(F)cc2)C2CC2)cc1=O. The van der Waals surface area contributed by atoms with Crippen LogP contribution in [0.15, 0.2) is 41.5 Å². The van der Waals surface area contributed by atoms with Gasteiger partial charge in [0.2, 0.25) is 0 Å². The first-order valence-corrected chi connectivity index (χ1v) is 7.37. The summed E-state index contributed by atoms with van der Waals surface area (Å²) < 4.78 is 14.3. The Bertz CT molecular complexity index is 768. The topological polar surface area (TPSA) is 67.2 Å². The van der Waals surface area contributed by atoms with Gasteiger partial charge in [0.1, 0.15) is 11.6 Å². The molecule has 0 unspecified atom stereocenters. The highest BCUT2D eigenvalue weighted by Gasteiger charge is 2.32. The normalized spacial score (nSPS) is 13.7. The molecular weight excluding hydrogens is 299 g/mol. The lowest BCUT2D eigenvalue weighted by atomic mass is 10.2. The number of hydrogen-bond acceptors (Lipinski definition) is 3. The number of urea groups is 1. The van der Waals surface area contributed by atoms with Gasteiger partial charge in [-0.2, -0.15) is 0 Å². The lowest BCUT2D eigenvalue weighted by Crippen LogP contribution is -2.36. The second-order valence-electron chi connectivity index (χ2n) is 5.64. The minimum absolute atomic E-state index is 0.173. The number of hydrogen-bond donors (Lipinski definition) is 1. The summed E-state index contributed by atoms with van der Waals surface area (Å²) in [6.45, 7) is 0.390. The maximum Gasteiger partial charge on any atom is 0.323 e. The second-order valence-corrected chi connectivity index (χ2v) is 5.64. The fourth-order valence-electron chi connectivity index (χ4n) is 2.25. The molecule has 1 aliphatic rings. The molecule has 1 saturated carbocycles. The Morgan fingerprint density at radius 2 is 2.09 bits per heavy atom. The van der Waals surface area contributed by atoms with E-state index < -0.39 is 0 Å². The molecular formula is C16H17FN4O2. The Morgan fingerprint density at radius 1 is 1.39 bits per heavy atom. The molecule has 2 aromatic rings. The number of rotatable bonds is 4. The molecule has 3 rings (SSSR count). The zero-order valence-corrected chi connectivity index (χ0v) is 12.7. The summed E-state index contributed by atoms with van der Waals surface area (Å²) in [4.78, 5) is 29.7. The number of aryl methyl sites for hydroxylation is 1. The van der Waals surface area contributed by atoms with Gasteiger partial charge < -0.3 is 9.47 Å². The zero-order valence-electron chi connectivity index (χ0n) is 12.7. The van der Waals surface area contributed by atoms with Crippen LogP contribution in [0.25, 0.3) is 0 Å². The number of nitrogens with zero attached hydrogens (tertiary/aromatic N) is 3. The molecule has 0 saturated heterocycles. The van der Waals surface area contributed by atoms with E-state index in [0.717, 1.165) is 18.4 Å². The first-order valence-electron chi connectivity index (χ1n) is 7.37. The van der Waals surface area contributed by atoms with Gasteiger partial charge in [-0.25, -0.2) is 14.2 Å². The van der Waals surface area contributed by atoms with Crippen molar-refractivity contribution < 1.29 is 9.18 Å². The molecule has 0 bridgehead atoms. The molecule has 120 valence electrons. The van der Waals surface area contributed by atoms with Gasteiger partial charge in [-0.05, 0) is 30.5 Å². The van der Waals surface area contributed by atoms with E-state index in [4.69, 9.17) is 0 Å². The van der Waals surface area contributed by atoms with Crippen molar-refractivity contribution in [3.05, 3.63) is 58.4 Å². The summed E-state index contributed by atoms with van der Waals surface area (Å²) in [6, 6.07) is 7.22. The highest BCUT2D eigenvalue weighted by molar-refractivity contribution is 5.88. The van der Waals surface area contributed by atoms with Crippen LogP contribution >= 0.6 is 0 Å². The Balaban J connectivity index is 1.72. The van der Waals surface area contributed by atoms with Crippen LogP contribution in [-0.2, 0) is 13.6 Å². The molecule has 1 heterocycles. The van der Waals surface area contributed by atoms with Crippen molar-refractivity contribution in [1.29, 1.82) is 0 Å². The summed E-state index contributed by atoms with van der Waals surface area (Å²) in [5, 5.41) is 2.65. The molecule has 6 nitrogen and oxygen atoms in total. The summed E-state index contributed by atoms with van der Waals surface area (Å²) in [6.07, 6.45) is 3.25. The maximum absolute atomic E-state index is 13.0. The van der Waals surface area contributed by atoms with Crippen LogP contribution in [-0.4, -0.2) is 26.5 Å². The van der Waals surface area contributed by atoms with Crippen molar-refractivity contribution in [3.63, 3.8) is 0 Å². The van der Waals surface area contributed by atoms with Crippen LogP contribution in [0.2, 0.25) is 0 Å². The van der Waals surface area contributed by atoms with Crippen molar-refractivity contribution in [3.8, 4) is 0 Å². The van der Waals surface area contributed by atoms with E-state index in [2.05, 4.69) is 10.3 Å². The standard InChI is InChI=1S/C16H17FN4O2/c1-20-10-18-14(8-15(20)22)19-16(23)21(13-6-7-13)9-11-2-4-12(17)5-3-11/h2-5,8,10,13H,6-7,9H2,1H3,(H,19,23). The number of halogens is 1. The molecule has 1 aromatic heterocycles. The number of carbonyl (C=O) groups is 1. The third-order valence-electron chi connectivity index (χ3n) is 3.73. The number of aromatic nitrogens is 2. The Labute approximate surface area is 132 Å². The number of anilines is 1. The van der Waals surface area contributed by atoms with Crippen molar-refractivity contribution in [2.24, 2.45) is 7.05 Å². The van der Waals surface area contributed by atoms with Gasteiger partial charge in [0.15, 0.2) is 0 Å². The van der Waals surface area contributed by atoms with Gasteiger partial charge in [-0.1, -0.05) is 12.1 Å². The number of carbonyl (C=O) groups excluding carboxylic acids is 1. The summed E-state index contributed by atoms with van der Waals surface area (Å²) in [7, 11) is 1.59. The summed E-state index contributed by atoms with van der Waals surface area (Å²) >= 11 is 0. The molecule has 1 N–H and O–H groups in total. The second kappa shape index (κ2) is 6.20. The van der Waals surface area contributed by atoms with Crippen molar-refractivity contribution in [2.75, 3.05) is 5.32 Å². The van der Waals surface area contributed by atoms with Crippen LogP contribution in [0.4, 0.5) is 15.0 Å². The maximum atomic E-state index is 13.0. The monoisotopic (exact) mass is 316 g/mol. The van der Waals surface area contributed by atoms with E-state index in [1.807, 2.05) is 0 Å². The molecule has 7 heteroatoms. The first-order chi connectivity index (χ1) is 11.0. The fraction of sp³-hybridized carbons (Fsp3) is 0.312. The molecule has 0 aliphatic heterocycles. The highest BCUT2D eigenvalue weighted by atomic mass is 19.1. The third-order valence-corrected chi connectivity index (χ3v) is 3.73. The van der Waals surface area contributed by atoms with Crippen molar-refractivity contribution >= 4 is 11.8 Å². The molecule has 23 heavy (non-hydrogen) atoms. The van der Waals surface area contributed by atoms with E-state index in [-0.39, 0.29) is 29.3 Å². The minimum atomic E-state index is -0.308. The summed E-state index contributed by atoms with van der Waals surface area (Å²) in [5.41, 5.74) is 0.609. The molecule has 1 fully saturated rings. The van der Waals surface area contributed by atoms with Crippen molar-refractivity contribution in [1.82, 2.24) is 14.5 Å².